The van der Waals surface area contributed by atoms with Crippen molar-refractivity contribution >= 4 is 11.5 Å². The summed E-state index contributed by atoms with van der Waals surface area (Å²) < 4.78 is 6.04. The summed E-state index contributed by atoms with van der Waals surface area (Å²) in [4.78, 5) is 2.43. The second-order valence-electron chi connectivity index (χ2n) is 7.54. The fraction of sp³-hybridized carbons (Fsp3) is 0.650. The third-order valence-corrected chi connectivity index (χ3v) is 6.04. The third kappa shape index (κ3) is 3.92. The Morgan fingerprint density at radius 3 is 2.33 bits per heavy atom. The molecule has 0 radical (unpaired) electrons. The molecule has 1 aromatic rings. The van der Waals surface area contributed by atoms with Gasteiger partial charge in [0.2, 0.25) is 0 Å². The third-order valence-electron chi connectivity index (χ3n) is 6.04. The first-order valence-electron chi connectivity index (χ1n) is 9.36. The van der Waals surface area contributed by atoms with E-state index in [9.17, 15) is 0 Å². The summed E-state index contributed by atoms with van der Waals surface area (Å²) in [6.45, 7) is 2.08. The number of amidine groups is 1. The molecule has 132 valence electrons. The molecule has 1 aromatic carbocycles. The van der Waals surface area contributed by atoms with Crippen LogP contribution in [-0.2, 0) is 4.74 Å². The van der Waals surface area contributed by atoms with Crippen LogP contribution in [0.5, 0.6) is 0 Å². The number of ether oxygens (including phenoxy) is 1. The monoisotopic (exact) mass is 329 g/mol. The van der Waals surface area contributed by atoms with Gasteiger partial charge in [0.1, 0.15) is 5.84 Å². The van der Waals surface area contributed by atoms with Crippen molar-refractivity contribution < 1.29 is 4.74 Å². The Balaban J connectivity index is 1.59. The van der Waals surface area contributed by atoms with Gasteiger partial charge in [-0.05, 0) is 49.4 Å². The van der Waals surface area contributed by atoms with Crippen LogP contribution in [0.25, 0.3) is 0 Å². The Morgan fingerprint density at radius 1 is 1.17 bits per heavy atom. The summed E-state index contributed by atoms with van der Waals surface area (Å²) in [7, 11) is 1.90. The molecule has 1 aliphatic carbocycles. The zero-order valence-corrected chi connectivity index (χ0v) is 14.9. The number of hydrogen-bond donors (Lipinski definition) is 2. The molecule has 0 aromatic heterocycles. The van der Waals surface area contributed by atoms with E-state index < -0.39 is 0 Å². The summed E-state index contributed by atoms with van der Waals surface area (Å²) in [5, 5.41) is 7.50. The number of benzene rings is 1. The van der Waals surface area contributed by atoms with Crippen LogP contribution in [0.1, 0.15) is 56.9 Å². The van der Waals surface area contributed by atoms with E-state index in [4.69, 9.17) is 15.9 Å². The van der Waals surface area contributed by atoms with Gasteiger partial charge in [-0.3, -0.25) is 5.41 Å². The standard InChI is InChI=1S/C20H31N3O/c1-24-20(15-16-5-3-2-4-6-16)11-13-23(14-12-20)18-9-7-17(8-10-18)19(21)22/h7-10,16H,2-6,11-15H2,1H3,(H3,21,22). The number of rotatable bonds is 5. The minimum Gasteiger partial charge on any atom is -0.384 e. The van der Waals surface area contributed by atoms with E-state index in [1.807, 2.05) is 19.2 Å². The fourth-order valence-electron chi connectivity index (χ4n) is 4.43. The Morgan fingerprint density at radius 2 is 1.79 bits per heavy atom. The average Bonchev–Trinajstić information content (AvgIpc) is 2.63. The summed E-state index contributed by atoms with van der Waals surface area (Å²) in [6.07, 6.45) is 10.4. The molecule has 1 saturated carbocycles. The maximum atomic E-state index is 7.50. The van der Waals surface area contributed by atoms with Crippen molar-refractivity contribution in [2.45, 2.75) is 57.0 Å². The van der Waals surface area contributed by atoms with Crippen molar-refractivity contribution in [2.24, 2.45) is 11.7 Å². The van der Waals surface area contributed by atoms with Gasteiger partial charge in [0.15, 0.2) is 0 Å². The molecule has 0 bridgehead atoms. The SMILES string of the molecule is COC1(CC2CCCCC2)CCN(c2ccc(C(=N)N)cc2)CC1. The average molecular weight is 329 g/mol. The van der Waals surface area contributed by atoms with Crippen LogP contribution < -0.4 is 10.6 Å². The fourth-order valence-corrected chi connectivity index (χ4v) is 4.43. The van der Waals surface area contributed by atoms with Crippen molar-refractivity contribution in [1.29, 1.82) is 5.41 Å². The first kappa shape index (κ1) is 17.3. The van der Waals surface area contributed by atoms with Crippen LogP contribution in [-0.4, -0.2) is 31.6 Å². The highest BCUT2D eigenvalue weighted by atomic mass is 16.5. The lowest BCUT2D eigenvalue weighted by atomic mass is 9.77. The molecule has 1 saturated heterocycles. The number of piperidine rings is 1. The molecule has 3 N–H and O–H groups in total. The van der Waals surface area contributed by atoms with Crippen LogP contribution >= 0.6 is 0 Å². The van der Waals surface area contributed by atoms with E-state index in [1.54, 1.807) is 0 Å². The molecule has 0 amide bonds. The van der Waals surface area contributed by atoms with Gasteiger partial charge >= 0.3 is 0 Å². The van der Waals surface area contributed by atoms with E-state index in [1.165, 1.54) is 44.2 Å². The Bertz CT molecular complexity index is 541. The van der Waals surface area contributed by atoms with Gasteiger partial charge in [-0.25, -0.2) is 0 Å². The summed E-state index contributed by atoms with van der Waals surface area (Å²) in [5.41, 5.74) is 7.63. The van der Waals surface area contributed by atoms with Crippen molar-refractivity contribution in [3.05, 3.63) is 29.8 Å². The molecule has 3 rings (SSSR count). The predicted octanol–water partition coefficient (Wildman–Crippen LogP) is 3.93. The topological polar surface area (TPSA) is 62.3 Å². The second kappa shape index (κ2) is 7.56. The molecule has 4 nitrogen and oxygen atoms in total. The number of nitrogens with two attached hydrogens (primary N) is 1. The molecular formula is C20H31N3O. The summed E-state index contributed by atoms with van der Waals surface area (Å²) in [6, 6.07) is 8.05. The number of nitrogens with one attached hydrogen (secondary N) is 1. The maximum Gasteiger partial charge on any atom is 0.122 e. The predicted molar refractivity (Wildman–Crippen MR) is 99.8 cm³/mol. The molecule has 4 heteroatoms. The van der Waals surface area contributed by atoms with Crippen molar-refractivity contribution in [1.82, 2.24) is 0 Å². The maximum absolute atomic E-state index is 7.50. The van der Waals surface area contributed by atoms with Gasteiger partial charge in [-0.1, -0.05) is 32.1 Å². The van der Waals surface area contributed by atoms with E-state index in [2.05, 4.69) is 17.0 Å². The summed E-state index contributed by atoms with van der Waals surface area (Å²) in [5.74, 6) is 0.992. The number of hydrogen-bond acceptors (Lipinski definition) is 3. The number of methoxy groups -OCH3 is 1. The lowest BCUT2D eigenvalue weighted by molar-refractivity contribution is -0.0506. The molecule has 2 fully saturated rings. The van der Waals surface area contributed by atoms with Crippen molar-refractivity contribution in [3.8, 4) is 0 Å². The molecular weight excluding hydrogens is 298 g/mol. The van der Waals surface area contributed by atoms with E-state index >= 15 is 0 Å². The van der Waals surface area contributed by atoms with E-state index in [0.29, 0.717) is 0 Å². The number of nitrogen functional groups attached to an aromatic ring is 1. The largest absolute Gasteiger partial charge is 0.384 e. The highest BCUT2D eigenvalue weighted by molar-refractivity contribution is 5.95. The van der Waals surface area contributed by atoms with Crippen molar-refractivity contribution in [2.75, 3.05) is 25.1 Å². The zero-order valence-electron chi connectivity index (χ0n) is 14.9. The molecule has 2 aliphatic rings. The molecule has 0 spiro atoms. The van der Waals surface area contributed by atoms with Crippen LogP contribution in [0.15, 0.2) is 24.3 Å². The van der Waals surface area contributed by atoms with Gasteiger partial charge in [0.05, 0.1) is 5.60 Å². The van der Waals surface area contributed by atoms with E-state index in [0.717, 1.165) is 37.4 Å². The van der Waals surface area contributed by atoms with E-state index in [-0.39, 0.29) is 11.4 Å². The Hall–Kier alpha value is -1.55. The lowest BCUT2D eigenvalue weighted by Crippen LogP contribution is -2.47. The minimum absolute atomic E-state index is 0.0812. The quantitative estimate of drug-likeness (QED) is 0.635. The zero-order chi connectivity index (χ0) is 17.0. The van der Waals surface area contributed by atoms with Gasteiger partial charge in [-0.2, -0.15) is 0 Å². The van der Waals surface area contributed by atoms with Gasteiger partial charge in [0, 0.05) is 31.5 Å². The molecule has 0 unspecified atom stereocenters. The van der Waals surface area contributed by atoms with Crippen LogP contribution in [0.2, 0.25) is 0 Å². The smallest absolute Gasteiger partial charge is 0.122 e. The number of nitrogens with zero attached hydrogens (tertiary/aromatic N) is 1. The molecule has 24 heavy (non-hydrogen) atoms. The minimum atomic E-state index is 0.0812. The highest BCUT2D eigenvalue weighted by Gasteiger charge is 2.37. The first-order chi connectivity index (χ1) is 11.6. The molecule has 1 aliphatic heterocycles. The Labute approximate surface area is 145 Å². The Kier molecular flexibility index (Phi) is 5.44. The highest BCUT2D eigenvalue weighted by Crippen LogP contribution is 2.38. The van der Waals surface area contributed by atoms with Gasteiger partial charge < -0.3 is 15.4 Å². The molecule has 0 atom stereocenters. The van der Waals surface area contributed by atoms with Crippen LogP contribution in [0.4, 0.5) is 5.69 Å². The second-order valence-corrected chi connectivity index (χ2v) is 7.54. The van der Waals surface area contributed by atoms with Gasteiger partial charge in [-0.15, -0.1) is 0 Å². The van der Waals surface area contributed by atoms with Crippen LogP contribution in [0.3, 0.4) is 0 Å². The normalized spacial score (nSPS) is 21.6. The van der Waals surface area contributed by atoms with Crippen LogP contribution in [0, 0.1) is 11.3 Å². The van der Waals surface area contributed by atoms with Crippen molar-refractivity contribution in [3.63, 3.8) is 0 Å². The summed E-state index contributed by atoms with van der Waals surface area (Å²) >= 11 is 0. The molecule has 1 heterocycles. The lowest BCUT2D eigenvalue weighted by Gasteiger charge is -2.44. The van der Waals surface area contributed by atoms with Gasteiger partial charge in [0.25, 0.3) is 0 Å². The first-order valence-corrected chi connectivity index (χ1v) is 9.36. The number of anilines is 1.